The number of aryl methyl sites for hydroxylation is 1. The van der Waals surface area contributed by atoms with E-state index in [1.54, 1.807) is 11.3 Å². The summed E-state index contributed by atoms with van der Waals surface area (Å²) in [5.74, 6) is 0.536. The van der Waals surface area contributed by atoms with Gasteiger partial charge in [-0.25, -0.2) is 9.78 Å². The van der Waals surface area contributed by atoms with Crippen LogP contribution in [0.15, 0.2) is 5.38 Å². The summed E-state index contributed by atoms with van der Waals surface area (Å²) in [5.41, 5.74) is 0.943. The van der Waals surface area contributed by atoms with Crippen molar-refractivity contribution >= 4 is 17.4 Å². The molecule has 0 aromatic carbocycles. The number of aromatic nitrogens is 1. The predicted octanol–water partition coefficient (Wildman–Crippen LogP) is 2.59. The third-order valence-electron chi connectivity index (χ3n) is 4.66. The first-order chi connectivity index (χ1) is 10.5. The van der Waals surface area contributed by atoms with Crippen LogP contribution in [0.1, 0.15) is 37.4 Å². The Morgan fingerprint density at radius 3 is 3.14 bits per heavy atom. The Balaban J connectivity index is 1.45. The first-order valence-electron chi connectivity index (χ1n) is 8.10. The van der Waals surface area contributed by atoms with Gasteiger partial charge in [0.15, 0.2) is 0 Å². The standard InChI is InChI=1S/C16H25N3O2S/c1-4-21-16(3)8-13(16)18-15(20)19-6-5-12(9-19)7-14-17-11(2)10-22-14/h10,12-13H,4-9H2,1-3H3,(H,18,20)/t12?,13-,16+/m1/s1. The molecule has 1 N–H and O–H groups in total. The number of carbonyl (C=O) groups excluding carboxylic acids is 1. The number of carbonyl (C=O) groups is 1. The number of nitrogens with zero attached hydrogens (tertiary/aromatic N) is 2. The van der Waals surface area contributed by atoms with E-state index in [1.807, 2.05) is 18.7 Å². The second-order valence-electron chi connectivity index (χ2n) is 6.64. The molecule has 2 fully saturated rings. The molecule has 3 rings (SSSR count). The molecule has 3 atom stereocenters. The second-order valence-corrected chi connectivity index (χ2v) is 7.58. The smallest absolute Gasteiger partial charge is 0.317 e. The van der Waals surface area contributed by atoms with Crippen molar-refractivity contribution in [3.8, 4) is 0 Å². The zero-order valence-electron chi connectivity index (χ0n) is 13.6. The number of amides is 2. The Bertz CT molecular complexity index is 547. The lowest BCUT2D eigenvalue weighted by Crippen LogP contribution is -2.42. The molecule has 0 radical (unpaired) electrons. The highest BCUT2D eigenvalue weighted by Crippen LogP contribution is 2.39. The molecule has 22 heavy (non-hydrogen) atoms. The van der Waals surface area contributed by atoms with Gasteiger partial charge in [-0.05, 0) is 33.1 Å². The molecule has 5 nitrogen and oxygen atoms in total. The van der Waals surface area contributed by atoms with Crippen molar-refractivity contribution in [3.63, 3.8) is 0 Å². The Hall–Kier alpha value is -1.14. The van der Waals surface area contributed by atoms with E-state index in [9.17, 15) is 4.79 Å². The van der Waals surface area contributed by atoms with Crippen LogP contribution in [0.4, 0.5) is 4.79 Å². The Kier molecular flexibility index (Phi) is 4.41. The highest BCUT2D eigenvalue weighted by Gasteiger charge is 2.52. The van der Waals surface area contributed by atoms with Crippen molar-refractivity contribution in [2.45, 2.75) is 51.7 Å². The molecule has 1 aromatic heterocycles. The van der Waals surface area contributed by atoms with Crippen LogP contribution >= 0.6 is 11.3 Å². The molecule has 1 saturated carbocycles. The molecule has 2 aliphatic rings. The fourth-order valence-electron chi connectivity index (χ4n) is 3.21. The van der Waals surface area contributed by atoms with Crippen molar-refractivity contribution < 1.29 is 9.53 Å². The largest absolute Gasteiger partial charge is 0.373 e. The molecule has 0 bridgehead atoms. The molecule has 2 amide bonds. The van der Waals surface area contributed by atoms with Crippen molar-refractivity contribution in [2.24, 2.45) is 5.92 Å². The van der Waals surface area contributed by atoms with Crippen molar-refractivity contribution in [1.29, 1.82) is 0 Å². The van der Waals surface area contributed by atoms with Gasteiger partial charge in [0.05, 0.1) is 16.7 Å². The van der Waals surface area contributed by atoms with Crippen LogP contribution in [-0.2, 0) is 11.2 Å². The Labute approximate surface area is 136 Å². The summed E-state index contributed by atoms with van der Waals surface area (Å²) >= 11 is 1.73. The molecule has 1 aromatic rings. The van der Waals surface area contributed by atoms with Crippen LogP contribution in [0.3, 0.4) is 0 Å². The Morgan fingerprint density at radius 1 is 1.64 bits per heavy atom. The van der Waals surface area contributed by atoms with Crippen LogP contribution in [0.5, 0.6) is 0 Å². The van der Waals surface area contributed by atoms with E-state index in [-0.39, 0.29) is 17.7 Å². The highest BCUT2D eigenvalue weighted by molar-refractivity contribution is 7.09. The minimum atomic E-state index is -0.151. The molecule has 1 saturated heterocycles. The van der Waals surface area contributed by atoms with Crippen LogP contribution in [0.25, 0.3) is 0 Å². The first kappa shape index (κ1) is 15.7. The minimum absolute atomic E-state index is 0.0613. The molecule has 122 valence electrons. The van der Waals surface area contributed by atoms with Gasteiger partial charge in [-0.3, -0.25) is 0 Å². The summed E-state index contributed by atoms with van der Waals surface area (Å²) in [6.07, 6.45) is 2.98. The first-order valence-corrected chi connectivity index (χ1v) is 8.98. The number of ether oxygens (including phenoxy) is 1. The SMILES string of the molecule is CCO[C@@]1(C)C[C@H]1NC(=O)N1CCC(Cc2nc(C)cs2)C1. The summed E-state index contributed by atoms with van der Waals surface area (Å²) in [5, 5.41) is 6.39. The van der Waals surface area contributed by atoms with E-state index < -0.39 is 0 Å². The minimum Gasteiger partial charge on any atom is -0.373 e. The van der Waals surface area contributed by atoms with E-state index in [4.69, 9.17) is 4.74 Å². The molecule has 6 heteroatoms. The monoisotopic (exact) mass is 323 g/mol. The number of hydrogen-bond donors (Lipinski definition) is 1. The normalized spacial score (nSPS) is 30.6. The van der Waals surface area contributed by atoms with E-state index in [2.05, 4.69) is 22.6 Å². The summed E-state index contributed by atoms with van der Waals surface area (Å²) in [6, 6.07) is 0.229. The van der Waals surface area contributed by atoms with Gasteiger partial charge in [-0.1, -0.05) is 0 Å². The van der Waals surface area contributed by atoms with Gasteiger partial charge in [0, 0.05) is 43.6 Å². The maximum absolute atomic E-state index is 12.3. The average molecular weight is 323 g/mol. The molecule has 1 aliphatic heterocycles. The zero-order chi connectivity index (χ0) is 15.7. The molecule has 1 unspecified atom stereocenters. The summed E-state index contributed by atoms with van der Waals surface area (Å²) < 4.78 is 5.68. The van der Waals surface area contributed by atoms with Crippen molar-refractivity contribution in [3.05, 3.63) is 16.1 Å². The van der Waals surface area contributed by atoms with Gasteiger partial charge < -0.3 is 15.0 Å². The number of hydrogen-bond acceptors (Lipinski definition) is 4. The third-order valence-corrected chi connectivity index (χ3v) is 5.65. The molecule has 2 heterocycles. The number of nitrogens with one attached hydrogen (secondary N) is 1. The Morgan fingerprint density at radius 2 is 2.45 bits per heavy atom. The average Bonchev–Trinajstić information content (AvgIpc) is 2.86. The summed E-state index contributed by atoms with van der Waals surface area (Å²) in [6.45, 7) is 8.47. The molecule has 0 spiro atoms. The lowest BCUT2D eigenvalue weighted by Gasteiger charge is -2.19. The van der Waals surface area contributed by atoms with Gasteiger partial charge >= 0.3 is 6.03 Å². The maximum Gasteiger partial charge on any atom is 0.317 e. The van der Waals surface area contributed by atoms with E-state index in [0.717, 1.165) is 38.0 Å². The quantitative estimate of drug-likeness (QED) is 0.906. The zero-order valence-corrected chi connectivity index (χ0v) is 14.4. The van der Waals surface area contributed by atoms with Crippen molar-refractivity contribution in [2.75, 3.05) is 19.7 Å². The number of thiazole rings is 1. The van der Waals surface area contributed by atoms with Gasteiger partial charge in [0.25, 0.3) is 0 Å². The number of urea groups is 1. The van der Waals surface area contributed by atoms with E-state index in [0.29, 0.717) is 12.5 Å². The summed E-state index contributed by atoms with van der Waals surface area (Å²) in [7, 11) is 0. The maximum atomic E-state index is 12.3. The van der Waals surface area contributed by atoms with Gasteiger partial charge in [0.1, 0.15) is 0 Å². The lowest BCUT2D eigenvalue weighted by molar-refractivity contribution is 0.0487. The van der Waals surface area contributed by atoms with Crippen LogP contribution < -0.4 is 5.32 Å². The predicted molar refractivity (Wildman–Crippen MR) is 87.2 cm³/mol. The second kappa shape index (κ2) is 6.16. The van der Waals surface area contributed by atoms with Gasteiger partial charge in [-0.15, -0.1) is 11.3 Å². The molecular weight excluding hydrogens is 298 g/mol. The fraction of sp³-hybridized carbons (Fsp3) is 0.750. The fourth-order valence-corrected chi connectivity index (χ4v) is 4.09. The highest BCUT2D eigenvalue weighted by atomic mass is 32.1. The molecule has 1 aliphatic carbocycles. The van der Waals surface area contributed by atoms with E-state index >= 15 is 0 Å². The van der Waals surface area contributed by atoms with E-state index in [1.165, 1.54) is 5.01 Å². The molecular formula is C16H25N3O2S. The van der Waals surface area contributed by atoms with Crippen molar-refractivity contribution in [1.82, 2.24) is 15.2 Å². The number of likely N-dealkylation sites (tertiary alicyclic amines) is 1. The van der Waals surface area contributed by atoms with Crippen LogP contribution in [-0.4, -0.2) is 47.3 Å². The lowest BCUT2D eigenvalue weighted by atomic mass is 10.1. The van der Waals surface area contributed by atoms with Gasteiger partial charge in [-0.2, -0.15) is 0 Å². The van der Waals surface area contributed by atoms with Gasteiger partial charge in [0.2, 0.25) is 0 Å². The van der Waals surface area contributed by atoms with Crippen LogP contribution in [0.2, 0.25) is 0 Å². The summed E-state index contributed by atoms with van der Waals surface area (Å²) in [4.78, 5) is 18.8. The van der Waals surface area contributed by atoms with Crippen LogP contribution in [0, 0.1) is 12.8 Å². The topological polar surface area (TPSA) is 54.5 Å². The third kappa shape index (κ3) is 3.43. The number of rotatable bonds is 5.